The molecule has 0 N–H and O–H groups in total. The summed E-state index contributed by atoms with van der Waals surface area (Å²) in [5.41, 5.74) is 0. The maximum absolute atomic E-state index is 5.88. The van der Waals surface area contributed by atoms with E-state index in [1.165, 1.54) is 31.6 Å². The number of nitrogens with zero attached hydrogens (tertiary/aromatic N) is 3. The summed E-state index contributed by atoms with van der Waals surface area (Å²) >= 11 is 0. The van der Waals surface area contributed by atoms with Crippen molar-refractivity contribution in [1.82, 2.24) is 14.8 Å². The zero-order chi connectivity index (χ0) is 14.5. The van der Waals surface area contributed by atoms with Gasteiger partial charge in [-0.15, -0.1) is 0 Å². The highest BCUT2D eigenvalue weighted by atomic mass is 16.5. The smallest absolute Gasteiger partial charge is 0.221 e. The minimum absolute atomic E-state index is 0.730. The molecular weight excluding hydrogens is 262 g/mol. The van der Waals surface area contributed by atoms with Gasteiger partial charge in [-0.25, -0.2) is 4.98 Å². The molecule has 0 atom stereocenters. The predicted molar refractivity (Wildman–Crippen MR) is 85.8 cm³/mol. The Morgan fingerprint density at radius 1 is 1.10 bits per heavy atom. The molecule has 112 valence electrons. The lowest BCUT2D eigenvalue weighted by molar-refractivity contribution is 0.145. The molecule has 0 amide bonds. The van der Waals surface area contributed by atoms with Gasteiger partial charge in [0, 0.05) is 44.3 Å². The maximum Gasteiger partial charge on any atom is 0.221 e. The SMILES string of the molecule is CN1CCN(CCCOc2nccc3ccccc23)CC1. The highest BCUT2D eigenvalue weighted by molar-refractivity contribution is 5.86. The number of fused-ring (bicyclic) bond motifs is 1. The summed E-state index contributed by atoms with van der Waals surface area (Å²) < 4.78 is 5.88. The van der Waals surface area contributed by atoms with Crippen LogP contribution in [0.4, 0.5) is 0 Å². The van der Waals surface area contributed by atoms with Crippen LogP contribution in [0.15, 0.2) is 36.5 Å². The molecule has 0 unspecified atom stereocenters. The molecule has 4 nitrogen and oxygen atoms in total. The summed E-state index contributed by atoms with van der Waals surface area (Å²) in [6.45, 7) is 6.52. The van der Waals surface area contributed by atoms with E-state index >= 15 is 0 Å². The van der Waals surface area contributed by atoms with E-state index in [9.17, 15) is 0 Å². The van der Waals surface area contributed by atoms with Gasteiger partial charge in [-0.2, -0.15) is 0 Å². The van der Waals surface area contributed by atoms with Crippen LogP contribution in [0, 0.1) is 0 Å². The molecule has 0 aliphatic carbocycles. The first-order valence-corrected chi connectivity index (χ1v) is 7.70. The molecule has 3 rings (SSSR count). The van der Waals surface area contributed by atoms with E-state index in [-0.39, 0.29) is 0 Å². The molecule has 1 fully saturated rings. The number of likely N-dealkylation sites (N-methyl/N-ethyl adjacent to an activating group) is 1. The Labute approximate surface area is 126 Å². The second-order valence-electron chi connectivity index (χ2n) is 5.68. The number of pyridine rings is 1. The fourth-order valence-corrected chi connectivity index (χ4v) is 2.74. The van der Waals surface area contributed by atoms with Crippen molar-refractivity contribution in [2.75, 3.05) is 46.4 Å². The average molecular weight is 285 g/mol. The van der Waals surface area contributed by atoms with Crippen LogP contribution in [0.2, 0.25) is 0 Å². The Bertz CT molecular complexity index is 574. The molecule has 0 spiro atoms. The Hall–Kier alpha value is -1.65. The molecule has 2 aromatic rings. The van der Waals surface area contributed by atoms with Crippen molar-refractivity contribution in [3.63, 3.8) is 0 Å². The Balaban J connectivity index is 1.48. The van der Waals surface area contributed by atoms with Crippen LogP contribution in [0.25, 0.3) is 10.8 Å². The zero-order valence-electron chi connectivity index (χ0n) is 12.7. The molecule has 0 bridgehead atoms. The lowest BCUT2D eigenvalue weighted by atomic mass is 10.2. The van der Waals surface area contributed by atoms with E-state index in [1.54, 1.807) is 0 Å². The number of benzene rings is 1. The van der Waals surface area contributed by atoms with E-state index < -0.39 is 0 Å². The van der Waals surface area contributed by atoms with Gasteiger partial charge in [0.05, 0.1) is 6.61 Å². The van der Waals surface area contributed by atoms with Crippen molar-refractivity contribution in [1.29, 1.82) is 0 Å². The van der Waals surface area contributed by atoms with Crippen LogP contribution in [0.3, 0.4) is 0 Å². The lowest BCUT2D eigenvalue weighted by Crippen LogP contribution is -2.44. The lowest BCUT2D eigenvalue weighted by Gasteiger charge is -2.32. The molecule has 1 saturated heterocycles. The standard InChI is InChI=1S/C17H23N3O/c1-19-10-12-20(13-11-19)9-4-14-21-17-16-6-3-2-5-15(16)7-8-18-17/h2-3,5-8H,4,9-14H2,1H3. The number of rotatable bonds is 5. The quantitative estimate of drug-likeness (QED) is 0.788. The Morgan fingerprint density at radius 2 is 1.90 bits per heavy atom. The van der Waals surface area contributed by atoms with Gasteiger partial charge in [-0.1, -0.05) is 18.2 Å². The van der Waals surface area contributed by atoms with Gasteiger partial charge in [0.2, 0.25) is 5.88 Å². The Kier molecular flexibility index (Phi) is 4.68. The van der Waals surface area contributed by atoms with Crippen molar-refractivity contribution < 1.29 is 4.74 Å². The average Bonchev–Trinajstić information content (AvgIpc) is 2.53. The second kappa shape index (κ2) is 6.87. The molecule has 1 aromatic carbocycles. The number of hydrogen-bond donors (Lipinski definition) is 0. The normalized spacial score (nSPS) is 17.2. The number of ether oxygens (including phenoxy) is 1. The van der Waals surface area contributed by atoms with Crippen molar-refractivity contribution in [3.8, 4) is 5.88 Å². The van der Waals surface area contributed by atoms with Crippen molar-refractivity contribution >= 4 is 10.8 Å². The molecule has 0 saturated carbocycles. The molecule has 2 heterocycles. The highest BCUT2D eigenvalue weighted by Crippen LogP contribution is 2.22. The van der Waals surface area contributed by atoms with Gasteiger partial charge in [-0.3, -0.25) is 0 Å². The number of hydrogen-bond acceptors (Lipinski definition) is 4. The summed E-state index contributed by atoms with van der Waals surface area (Å²) in [6, 6.07) is 10.2. The third-order valence-corrected chi connectivity index (χ3v) is 4.09. The first-order valence-electron chi connectivity index (χ1n) is 7.70. The molecule has 1 aromatic heterocycles. The van der Waals surface area contributed by atoms with Gasteiger partial charge in [-0.05, 0) is 31.0 Å². The van der Waals surface area contributed by atoms with E-state index in [1.807, 2.05) is 24.4 Å². The van der Waals surface area contributed by atoms with E-state index in [2.05, 4.69) is 34.0 Å². The van der Waals surface area contributed by atoms with Crippen LogP contribution in [-0.2, 0) is 0 Å². The number of piperazine rings is 1. The minimum Gasteiger partial charge on any atom is -0.477 e. The molecule has 1 aliphatic rings. The van der Waals surface area contributed by atoms with Crippen LogP contribution in [0.5, 0.6) is 5.88 Å². The van der Waals surface area contributed by atoms with Gasteiger partial charge >= 0.3 is 0 Å². The molecule has 4 heteroatoms. The topological polar surface area (TPSA) is 28.6 Å². The third-order valence-electron chi connectivity index (χ3n) is 4.09. The summed E-state index contributed by atoms with van der Waals surface area (Å²) in [5.74, 6) is 0.756. The van der Waals surface area contributed by atoms with Gasteiger partial charge in [0.1, 0.15) is 0 Å². The van der Waals surface area contributed by atoms with Crippen molar-refractivity contribution in [2.45, 2.75) is 6.42 Å². The summed E-state index contributed by atoms with van der Waals surface area (Å²) in [7, 11) is 2.19. The first-order chi connectivity index (χ1) is 10.3. The fraction of sp³-hybridized carbons (Fsp3) is 0.471. The van der Waals surface area contributed by atoms with Gasteiger partial charge in [0.15, 0.2) is 0 Å². The van der Waals surface area contributed by atoms with Crippen molar-refractivity contribution in [2.24, 2.45) is 0 Å². The van der Waals surface area contributed by atoms with Crippen LogP contribution >= 0.6 is 0 Å². The summed E-state index contributed by atoms with van der Waals surface area (Å²) in [6.07, 6.45) is 2.87. The molecular formula is C17H23N3O. The van der Waals surface area contributed by atoms with E-state index in [0.717, 1.165) is 30.8 Å². The molecule has 21 heavy (non-hydrogen) atoms. The largest absolute Gasteiger partial charge is 0.477 e. The van der Waals surface area contributed by atoms with Crippen LogP contribution in [0.1, 0.15) is 6.42 Å². The second-order valence-corrected chi connectivity index (χ2v) is 5.68. The highest BCUT2D eigenvalue weighted by Gasteiger charge is 2.13. The van der Waals surface area contributed by atoms with Crippen molar-refractivity contribution in [3.05, 3.63) is 36.5 Å². The third kappa shape index (κ3) is 3.71. The minimum atomic E-state index is 0.730. The Morgan fingerprint density at radius 3 is 2.76 bits per heavy atom. The molecule has 0 radical (unpaired) electrons. The monoisotopic (exact) mass is 285 g/mol. The first kappa shape index (κ1) is 14.3. The van der Waals surface area contributed by atoms with Crippen LogP contribution in [-0.4, -0.2) is 61.2 Å². The summed E-state index contributed by atoms with van der Waals surface area (Å²) in [4.78, 5) is 9.25. The van der Waals surface area contributed by atoms with E-state index in [0.29, 0.717) is 0 Å². The van der Waals surface area contributed by atoms with Gasteiger partial charge < -0.3 is 14.5 Å². The summed E-state index contributed by atoms with van der Waals surface area (Å²) in [5, 5.41) is 2.28. The zero-order valence-corrected chi connectivity index (χ0v) is 12.7. The number of aromatic nitrogens is 1. The van der Waals surface area contributed by atoms with Crippen LogP contribution < -0.4 is 4.74 Å². The predicted octanol–water partition coefficient (Wildman–Crippen LogP) is 2.25. The molecule has 1 aliphatic heterocycles. The van der Waals surface area contributed by atoms with E-state index in [4.69, 9.17) is 4.74 Å². The fourth-order valence-electron chi connectivity index (χ4n) is 2.74. The maximum atomic E-state index is 5.88. The van der Waals surface area contributed by atoms with Gasteiger partial charge in [0.25, 0.3) is 0 Å².